The molecule has 2 fully saturated rings. The van der Waals surface area contributed by atoms with Gasteiger partial charge in [-0.2, -0.15) is 0 Å². The van der Waals surface area contributed by atoms with Crippen molar-refractivity contribution in [3.8, 4) is 11.5 Å². The zero-order valence-corrected chi connectivity index (χ0v) is 17.4. The number of benzene rings is 2. The van der Waals surface area contributed by atoms with E-state index in [4.69, 9.17) is 9.47 Å². The van der Waals surface area contributed by atoms with Gasteiger partial charge in [-0.15, -0.1) is 0 Å². The van der Waals surface area contributed by atoms with E-state index in [2.05, 4.69) is 0 Å². The first kappa shape index (κ1) is 19.8. The molecule has 0 spiro atoms. The molecular formula is C22H25NO5S. The lowest BCUT2D eigenvalue weighted by atomic mass is 10.0. The van der Waals surface area contributed by atoms with E-state index in [1.807, 2.05) is 11.0 Å². The van der Waals surface area contributed by atoms with Gasteiger partial charge >= 0.3 is 0 Å². The third-order valence-electron chi connectivity index (χ3n) is 6.07. The highest BCUT2D eigenvalue weighted by Gasteiger charge is 2.47. The van der Waals surface area contributed by atoms with Crippen LogP contribution in [0, 0.1) is 0 Å². The fourth-order valence-corrected chi connectivity index (χ4v) is 6.50. The molecule has 2 aliphatic rings. The van der Waals surface area contributed by atoms with Crippen molar-refractivity contribution < 1.29 is 22.7 Å². The summed E-state index contributed by atoms with van der Waals surface area (Å²) in [6.45, 7) is 0. The summed E-state index contributed by atoms with van der Waals surface area (Å²) >= 11 is 0. The number of fused-ring (bicyclic) bond motifs is 2. The zero-order chi connectivity index (χ0) is 20.6. The maximum absolute atomic E-state index is 13.3. The Kier molecular flexibility index (Phi) is 5.25. The van der Waals surface area contributed by atoms with Crippen LogP contribution in [0.25, 0.3) is 0 Å². The van der Waals surface area contributed by atoms with Crippen molar-refractivity contribution in [2.24, 2.45) is 0 Å². The average molecular weight is 416 g/mol. The van der Waals surface area contributed by atoms with Crippen molar-refractivity contribution in [3.63, 3.8) is 0 Å². The number of amides is 1. The molecule has 2 bridgehead atoms. The van der Waals surface area contributed by atoms with E-state index in [9.17, 15) is 13.2 Å². The smallest absolute Gasteiger partial charge is 0.258 e. The minimum absolute atomic E-state index is 0.0726. The van der Waals surface area contributed by atoms with Gasteiger partial charge in [0.25, 0.3) is 5.91 Å². The highest BCUT2D eigenvalue weighted by Crippen LogP contribution is 2.41. The molecule has 1 amide bonds. The summed E-state index contributed by atoms with van der Waals surface area (Å²) in [6.07, 6.45) is 2.60. The predicted molar refractivity (Wildman–Crippen MR) is 109 cm³/mol. The maximum Gasteiger partial charge on any atom is 0.258 e. The van der Waals surface area contributed by atoms with E-state index in [0.29, 0.717) is 34.8 Å². The molecule has 4 rings (SSSR count). The quantitative estimate of drug-likeness (QED) is 0.749. The number of piperidine rings is 1. The van der Waals surface area contributed by atoms with Gasteiger partial charge in [0.05, 0.1) is 29.9 Å². The molecule has 0 aliphatic carbocycles. The van der Waals surface area contributed by atoms with E-state index in [1.165, 1.54) is 7.11 Å². The summed E-state index contributed by atoms with van der Waals surface area (Å²) in [5, 5.41) is -0.454. The second-order valence-corrected chi connectivity index (χ2v) is 9.84. The summed E-state index contributed by atoms with van der Waals surface area (Å²) in [5.74, 6) is 0.981. The van der Waals surface area contributed by atoms with Gasteiger partial charge < -0.3 is 14.4 Å². The molecule has 29 heavy (non-hydrogen) atoms. The summed E-state index contributed by atoms with van der Waals surface area (Å²) in [6, 6.07) is 13.6. The largest absolute Gasteiger partial charge is 0.497 e. The second kappa shape index (κ2) is 7.71. The van der Waals surface area contributed by atoms with Gasteiger partial charge in [-0.3, -0.25) is 4.79 Å². The summed E-state index contributed by atoms with van der Waals surface area (Å²) < 4.78 is 36.8. The molecule has 2 aliphatic heterocycles. The number of sulfone groups is 1. The van der Waals surface area contributed by atoms with Gasteiger partial charge in [-0.05, 0) is 49.9 Å². The molecule has 2 aromatic rings. The van der Waals surface area contributed by atoms with Gasteiger partial charge in [-0.25, -0.2) is 8.42 Å². The fraction of sp³-hybridized carbons (Fsp3) is 0.409. The lowest BCUT2D eigenvalue weighted by molar-refractivity contribution is 0.0595. The molecule has 6 nitrogen and oxygen atoms in total. The van der Waals surface area contributed by atoms with Gasteiger partial charge in [0.1, 0.15) is 11.5 Å². The number of carbonyl (C=O) groups excluding carboxylic acids is 1. The molecule has 0 saturated carbocycles. The third-order valence-corrected chi connectivity index (χ3v) is 8.27. The van der Waals surface area contributed by atoms with Gasteiger partial charge in [0, 0.05) is 18.2 Å². The first-order chi connectivity index (χ1) is 14.0. The molecule has 0 aromatic heterocycles. The maximum atomic E-state index is 13.3. The van der Waals surface area contributed by atoms with Crippen molar-refractivity contribution in [1.82, 2.24) is 4.90 Å². The SMILES string of the molecule is COc1ccc(C(=O)N2C3CCC2CC(S(=O)(=O)c2ccccc2)C3)c(OC)c1. The van der Waals surface area contributed by atoms with Crippen LogP contribution in [0.3, 0.4) is 0 Å². The van der Waals surface area contributed by atoms with Crippen LogP contribution < -0.4 is 9.47 Å². The van der Waals surface area contributed by atoms with Crippen LogP contribution in [0.15, 0.2) is 53.4 Å². The van der Waals surface area contributed by atoms with Crippen LogP contribution in [-0.4, -0.2) is 50.8 Å². The molecule has 0 N–H and O–H groups in total. The summed E-state index contributed by atoms with van der Waals surface area (Å²) in [5.41, 5.74) is 0.481. The Morgan fingerprint density at radius 2 is 1.62 bits per heavy atom. The summed E-state index contributed by atoms with van der Waals surface area (Å²) in [7, 11) is -0.312. The van der Waals surface area contributed by atoms with Crippen LogP contribution in [0.5, 0.6) is 11.5 Å². The Hall–Kier alpha value is -2.54. The van der Waals surface area contributed by atoms with Crippen molar-refractivity contribution >= 4 is 15.7 Å². The average Bonchev–Trinajstić information content (AvgIpc) is 3.02. The number of ether oxygens (including phenoxy) is 2. The zero-order valence-electron chi connectivity index (χ0n) is 16.6. The lowest BCUT2D eigenvalue weighted by Gasteiger charge is -2.39. The second-order valence-electron chi connectivity index (χ2n) is 7.62. The molecule has 2 atom stereocenters. The Morgan fingerprint density at radius 3 is 2.21 bits per heavy atom. The van der Waals surface area contributed by atoms with Crippen molar-refractivity contribution in [1.29, 1.82) is 0 Å². The third kappa shape index (κ3) is 3.48. The Balaban J connectivity index is 1.58. The predicted octanol–water partition coefficient (Wildman–Crippen LogP) is 3.31. The number of rotatable bonds is 5. The number of carbonyl (C=O) groups is 1. The van der Waals surface area contributed by atoms with E-state index < -0.39 is 15.1 Å². The molecule has 0 radical (unpaired) electrons. The fourth-order valence-electron chi connectivity index (χ4n) is 4.63. The normalized spacial score (nSPS) is 23.7. The molecular weight excluding hydrogens is 390 g/mol. The van der Waals surface area contributed by atoms with Crippen LogP contribution in [0.1, 0.15) is 36.0 Å². The number of nitrogens with zero attached hydrogens (tertiary/aromatic N) is 1. The van der Waals surface area contributed by atoms with Crippen LogP contribution in [0.2, 0.25) is 0 Å². The van der Waals surface area contributed by atoms with Crippen molar-refractivity contribution in [3.05, 3.63) is 54.1 Å². The van der Waals surface area contributed by atoms with Gasteiger partial charge in [-0.1, -0.05) is 18.2 Å². The Labute approximate surface area is 171 Å². The number of hydrogen-bond donors (Lipinski definition) is 0. The van der Waals surface area contributed by atoms with E-state index >= 15 is 0 Å². The highest BCUT2D eigenvalue weighted by atomic mass is 32.2. The molecule has 7 heteroatoms. The highest BCUT2D eigenvalue weighted by molar-refractivity contribution is 7.92. The first-order valence-electron chi connectivity index (χ1n) is 9.79. The van der Waals surface area contributed by atoms with Crippen LogP contribution >= 0.6 is 0 Å². The van der Waals surface area contributed by atoms with E-state index in [-0.39, 0.29) is 18.0 Å². The Morgan fingerprint density at radius 1 is 0.966 bits per heavy atom. The van der Waals surface area contributed by atoms with E-state index in [1.54, 1.807) is 49.6 Å². The Bertz CT molecular complexity index is 991. The lowest BCUT2D eigenvalue weighted by Crippen LogP contribution is -2.49. The minimum Gasteiger partial charge on any atom is -0.497 e. The first-order valence-corrected chi connectivity index (χ1v) is 11.3. The molecule has 2 aromatic carbocycles. The number of hydrogen-bond acceptors (Lipinski definition) is 5. The van der Waals surface area contributed by atoms with Crippen LogP contribution in [0.4, 0.5) is 0 Å². The molecule has 2 saturated heterocycles. The van der Waals surface area contributed by atoms with Gasteiger partial charge in [0.2, 0.25) is 0 Å². The molecule has 2 unspecified atom stereocenters. The molecule has 154 valence electrons. The van der Waals surface area contributed by atoms with Gasteiger partial charge in [0.15, 0.2) is 9.84 Å². The van der Waals surface area contributed by atoms with Crippen molar-refractivity contribution in [2.75, 3.05) is 14.2 Å². The number of methoxy groups -OCH3 is 2. The van der Waals surface area contributed by atoms with Crippen molar-refractivity contribution in [2.45, 2.75) is 47.9 Å². The summed E-state index contributed by atoms with van der Waals surface area (Å²) in [4.78, 5) is 15.6. The topological polar surface area (TPSA) is 72.9 Å². The minimum atomic E-state index is -3.40. The van der Waals surface area contributed by atoms with E-state index in [0.717, 1.165) is 12.8 Å². The van der Waals surface area contributed by atoms with Crippen LogP contribution in [-0.2, 0) is 9.84 Å². The monoisotopic (exact) mass is 415 g/mol. The standard InChI is InChI=1S/C22H25NO5S/c1-27-17-10-11-20(21(14-17)28-2)22(24)23-15-8-9-16(23)13-19(12-15)29(25,26)18-6-4-3-5-7-18/h3-7,10-11,14-16,19H,8-9,12-13H2,1-2H3. The molecule has 2 heterocycles.